The second kappa shape index (κ2) is 9.50. The van der Waals surface area contributed by atoms with Gasteiger partial charge in [0.1, 0.15) is 12.3 Å². The van der Waals surface area contributed by atoms with Gasteiger partial charge in [0.05, 0.1) is 35.1 Å². The molecule has 0 fully saturated rings. The van der Waals surface area contributed by atoms with Crippen LogP contribution in [0.3, 0.4) is 0 Å². The number of hydrazone groups is 1. The lowest BCUT2D eigenvalue weighted by molar-refractivity contribution is -0.133. The summed E-state index contributed by atoms with van der Waals surface area (Å²) in [6.45, 7) is -0.139. The topological polar surface area (TPSA) is 67.1 Å². The zero-order chi connectivity index (χ0) is 23.5. The number of nitrogens with zero attached hydrogens (tertiary/aromatic N) is 4. The fourth-order valence-corrected chi connectivity index (χ4v) is 4.24. The van der Waals surface area contributed by atoms with E-state index in [4.69, 9.17) is 16.3 Å². The lowest BCUT2D eigenvalue weighted by atomic mass is 9.99. The van der Waals surface area contributed by atoms with Gasteiger partial charge in [-0.1, -0.05) is 41.9 Å². The van der Waals surface area contributed by atoms with Crippen molar-refractivity contribution in [3.63, 3.8) is 0 Å². The van der Waals surface area contributed by atoms with E-state index in [9.17, 15) is 9.59 Å². The largest absolute Gasteiger partial charge is 0.496 e. The number of likely N-dealkylation sites (N-methyl/N-ethyl adjacent to an activating group) is 1. The van der Waals surface area contributed by atoms with Crippen molar-refractivity contribution in [1.29, 1.82) is 0 Å². The summed E-state index contributed by atoms with van der Waals surface area (Å²) in [7, 11) is 5.13. The van der Waals surface area contributed by atoms with Crippen molar-refractivity contribution in [3.8, 4) is 5.75 Å². The average molecular weight is 465 g/mol. The van der Waals surface area contributed by atoms with Crippen molar-refractivity contribution < 1.29 is 14.3 Å². The predicted octanol–water partition coefficient (Wildman–Crippen LogP) is 4.14. The second-order valence-electron chi connectivity index (χ2n) is 7.89. The maximum atomic E-state index is 13.4. The van der Waals surface area contributed by atoms with Crippen molar-refractivity contribution in [2.24, 2.45) is 12.1 Å². The van der Waals surface area contributed by atoms with Crippen molar-refractivity contribution in [3.05, 3.63) is 88.7 Å². The molecule has 7 nitrogen and oxygen atoms in total. The summed E-state index contributed by atoms with van der Waals surface area (Å²) in [4.78, 5) is 27.6. The number of benzene rings is 2. The average Bonchev–Trinajstić information content (AvgIpc) is 3.45. The monoisotopic (exact) mass is 464 g/mol. The Hall–Kier alpha value is -3.58. The molecule has 0 unspecified atom stereocenters. The van der Waals surface area contributed by atoms with Crippen LogP contribution < -0.4 is 4.74 Å². The minimum atomic E-state index is -0.345. The van der Waals surface area contributed by atoms with Gasteiger partial charge in [-0.05, 0) is 30.3 Å². The molecular formula is C25H25ClN4O3. The third-order valence-corrected chi connectivity index (χ3v) is 6.06. The summed E-state index contributed by atoms with van der Waals surface area (Å²) in [6.07, 6.45) is 2.47. The first-order chi connectivity index (χ1) is 15.9. The molecule has 0 spiro atoms. The lowest BCUT2D eigenvalue weighted by Gasteiger charge is -2.26. The van der Waals surface area contributed by atoms with Gasteiger partial charge in [0.25, 0.3) is 11.8 Å². The van der Waals surface area contributed by atoms with Gasteiger partial charge in [0, 0.05) is 32.3 Å². The number of rotatable bonds is 6. The molecule has 2 heterocycles. The Morgan fingerprint density at radius 1 is 1.12 bits per heavy atom. The van der Waals surface area contributed by atoms with Crippen molar-refractivity contribution in [1.82, 2.24) is 14.5 Å². The second-order valence-corrected chi connectivity index (χ2v) is 8.30. The summed E-state index contributed by atoms with van der Waals surface area (Å²) < 4.78 is 7.52. The molecular weight excluding hydrogens is 440 g/mol. The van der Waals surface area contributed by atoms with Gasteiger partial charge < -0.3 is 14.2 Å². The molecule has 3 aromatic rings. The number of hydrogen-bond acceptors (Lipinski definition) is 4. The van der Waals surface area contributed by atoms with Crippen LogP contribution in [0, 0.1) is 0 Å². The van der Waals surface area contributed by atoms with Crippen LogP contribution in [-0.4, -0.2) is 52.7 Å². The third kappa shape index (κ3) is 4.50. The molecule has 1 aliphatic heterocycles. The molecule has 0 N–H and O–H groups in total. The van der Waals surface area contributed by atoms with Crippen LogP contribution in [0.15, 0.2) is 72.0 Å². The van der Waals surface area contributed by atoms with Crippen LogP contribution in [-0.2, 0) is 11.8 Å². The highest BCUT2D eigenvalue weighted by Gasteiger charge is 2.36. The van der Waals surface area contributed by atoms with Gasteiger partial charge in [0.15, 0.2) is 0 Å². The molecule has 1 aliphatic rings. The molecule has 0 bridgehead atoms. The zero-order valence-corrected chi connectivity index (χ0v) is 19.5. The molecule has 1 aromatic heterocycles. The van der Waals surface area contributed by atoms with Gasteiger partial charge in [0.2, 0.25) is 0 Å². The Morgan fingerprint density at radius 2 is 1.85 bits per heavy atom. The van der Waals surface area contributed by atoms with E-state index in [2.05, 4.69) is 5.10 Å². The van der Waals surface area contributed by atoms with Gasteiger partial charge in [-0.25, -0.2) is 5.01 Å². The Morgan fingerprint density at radius 3 is 2.55 bits per heavy atom. The number of carbonyl (C=O) groups excluding carboxylic acids is 2. The standard InChI is InChI=1S/C25H25ClN4O3/c1-28-14-8-12-21(28)20-15-22(18-10-5-7-13-23(18)33-3)30(27-20)24(31)16-29(2)25(32)17-9-4-6-11-19(17)26/h4-14,22H,15-16H2,1-3H3/t22-/m1/s1. The molecule has 0 saturated heterocycles. The highest BCUT2D eigenvalue weighted by atomic mass is 35.5. The number of aryl methyl sites for hydroxylation is 1. The fraction of sp³-hybridized carbons (Fsp3) is 0.240. The maximum Gasteiger partial charge on any atom is 0.262 e. The number of methoxy groups -OCH3 is 1. The minimum Gasteiger partial charge on any atom is -0.496 e. The molecule has 0 saturated carbocycles. The number of amides is 2. The highest BCUT2D eigenvalue weighted by Crippen LogP contribution is 2.37. The molecule has 0 aliphatic carbocycles. The Balaban J connectivity index is 1.63. The molecule has 33 heavy (non-hydrogen) atoms. The van der Waals surface area contributed by atoms with E-state index in [-0.39, 0.29) is 24.4 Å². The summed E-state index contributed by atoms with van der Waals surface area (Å²) in [6, 6.07) is 18.0. The first kappa shape index (κ1) is 22.6. The summed E-state index contributed by atoms with van der Waals surface area (Å²) in [5.74, 6) is 0.0655. The molecule has 2 amide bonds. The maximum absolute atomic E-state index is 13.4. The van der Waals surface area contributed by atoms with Crippen LogP contribution in [0.25, 0.3) is 0 Å². The van der Waals surface area contributed by atoms with E-state index < -0.39 is 0 Å². The van der Waals surface area contributed by atoms with Crippen LogP contribution in [0.2, 0.25) is 5.02 Å². The Kier molecular flexibility index (Phi) is 6.51. The quantitative estimate of drug-likeness (QED) is 0.550. The Bertz CT molecular complexity index is 1220. The first-order valence-corrected chi connectivity index (χ1v) is 10.9. The van der Waals surface area contributed by atoms with Gasteiger partial charge in [-0.15, -0.1) is 0 Å². The summed E-state index contributed by atoms with van der Waals surface area (Å²) in [5.41, 5.74) is 2.95. The zero-order valence-electron chi connectivity index (χ0n) is 18.7. The van der Waals surface area contributed by atoms with Crippen molar-refractivity contribution >= 4 is 29.1 Å². The fourth-order valence-electron chi connectivity index (χ4n) is 4.03. The van der Waals surface area contributed by atoms with E-state index in [1.807, 2.05) is 54.2 Å². The minimum absolute atomic E-state index is 0.139. The predicted molar refractivity (Wildman–Crippen MR) is 128 cm³/mol. The normalized spacial score (nSPS) is 15.3. The third-order valence-electron chi connectivity index (χ3n) is 5.73. The van der Waals surface area contributed by atoms with E-state index in [0.29, 0.717) is 22.8 Å². The van der Waals surface area contributed by atoms with Crippen LogP contribution in [0.1, 0.15) is 34.1 Å². The van der Waals surface area contributed by atoms with Crippen LogP contribution in [0.5, 0.6) is 5.75 Å². The lowest BCUT2D eigenvalue weighted by Crippen LogP contribution is -2.39. The summed E-state index contributed by atoms with van der Waals surface area (Å²) >= 11 is 6.17. The number of hydrogen-bond donors (Lipinski definition) is 0. The van der Waals surface area contributed by atoms with Gasteiger partial charge in [-0.2, -0.15) is 5.10 Å². The molecule has 4 rings (SSSR count). The van der Waals surface area contributed by atoms with Crippen molar-refractivity contribution in [2.75, 3.05) is 20.7 Å². The van der Waals surface area contributed by atoms with E-state index in [0.717, 1.165) is 17.0 Å². The van der Waals surface area contributed by atoms with E-state index >= 15 is 0 Å². The number of carbonyl (C=O) groups is 2. The number of halogens is 1. The number of aromatic nitrogens is 1. The van der Waals surface area contributed by atoms with Gasteiger partial charge in [-0.3, -0.25) is 9.59 Å². The van der Waals surface area contributed by atoms with Crippen LogP contribution >= 0.6 is 11.6 Å². The van der Waals surface area contributed by atoms with Crippen LogP contribution in [0.4, 0.5) is 0 Å². The van der Waals surface area contributed by atoms with Gasteiger partial charge >= 0.3 is 0 Å². The Labute approximate surface area is 197 Å². The van der Waals surface area contributed by atoms with E-state index in [1.165, 1.54) is 9.91 Å². The molecule has 0 radical (unpaired) electrons. The first-order valence-electron chi connectivity index (χ1n) is 10.5. The number of ether oxygens (including phenoxy) is 1. The molecule has 1 atom stereocenters. The molecule has 170 valence electrons. The highest BCUT2D eigenvalue weighted by molar-refractivity contribution is 6.33. The molecule has 8 heteroatoms. The summed E-state index contributed by atoms with van der Waals surface area (Å²) in [5, 5.41) is 6.50. The van der Waals surface area contributed by atoms with Crippen molar-refractivity contribution in [2.45, 2.75) is 12.5 Å². The smallest absolute Gasteiger partial charge is 0.262 e. The number of para-hydroxylation sites is 1. The molecule has 2 aromatic carbocycles. The van der Waals surface area contributed by atoms with E-state index in [1.54, 1.807) is 38.4 Å². The SMILES string of the molecule is COc1ccccc1[C@H]1CC(c2cccn2C)=NN1C(=O)CN(C)C(=O)c1ccccc1Cl.